The summed E-state index contributed by atoms with van der Waals surface area (Å²) in [5.41, 5.74) is 2.65. The van der Waals surface area contributed by atoms with Crippen molar-refractivity contribution in [3.63, 3.8) is 0 Å². The summed E-state index contributed by atoms with van der Waals surface area (Å²) in [7, 11) is -3.79. The molecule has 2 amide bonds. The average molecular weight is 514 g/mol. The molecule has 7 nitrogen and oxygen atoms in total. The fraction of sp³-hybridized carbons (Fsp3) is 0.391. The Morgan fingerprint density at radius 1 is 1.12 bits per heavy atom. The zero-order valence-corrected chi connectivity index (χ0v) is 21.7. The summed E-state index contributed by atoms with van der Waals surface area (Å²) in [5.74, 6) is -0.889. The van der Waals surface area contributed by atoms with Gasteiger partial charge >= 0.3 is 0 Å². The van der Waals surface area contributed by atoms with Gasteiger partial charge in [0, 0.05) is 23.1 Å². The van der Waals surface area contributed by atoms with E-state index in [1.54, 1.807) is 51.1 Å². The lowest BCUT2D eigenvalue weighted by Gasteiger charge is -2.32. The predicted molar refractivity (Wildman–Crippen MR) is 133 cm³/mol. The fourth-order valence-electron chi connectivity index (χ4n) is 3.34. The van der Waals surface area contributed by atoms with E-state index in [9.17, 15) is 18.0 Å². The second-order valence-corrected chi connectivity index (χ2v) is 10.6. The minimum Gasteiger partial charge on any atom is -0.355 e. The van der Waals surface area contributed by atoms with E-state index in [1.807, 2.05) is 13.0 Å². The number of rotatable bonds is 9. The van der Waals surface area contributed by atoms with Gasteiger partial charge in [0.15, 0.2) is 0 Å². The van der Waals surface area contributed by atoms with Crippen LogP contribution in [0, 0.1) is 13.8 Å². The number of hydrogen-bond acceptors (Lipinski definition) is 4. The van der Waals surface area contributed by atoms with Gasteiger partial charge in [-0.3, -0.25) is 13.9 Å². The molecule has 0 spiro atoms. The lowest BCUT2D eigenvalue weighted by atomic mass is 10.1. The SMILES string of the molecule is CCNC(=O)[C@@H](C)N(Cc1ccc(Cl)cc1Cl)C(=O)CN(c1cccc(C)c1C)S(C)(=O)=O. The molecule has 0 saturated heterocycles. The van der Waals surface area contributed by atoms with Crippen LogP contribution in [0.5, 0.6) is 0 Å². The van der Waals surface area contributed by atoms with Crippen LogP contribution in [0.3, 0.4) is 0 Å². The fourth-order valence-corrected chi connectivity index (χ4v) is 4.71. The normalized spacial score (nSPS) is 12.2. The van der Waals surface area contributed by atoms with Crippen LogP contribution in [0.15, 0.2) is 36.4 Å². The van der Waals surface area contributed by atoms with Crippen LogP contribution < -0.4 is 9.62 Å². The molecule has 1 atom stereocenters. The van der Waals surface area contributed by atoms with Gasteiger partial charge in [0.05, 0.1) is 11.9 Å². The molecule has 0 aliphatic rings. The zero-order valence-electron chi connectivity index (χ0n) is 19.4. The van der Waals surface area contributed by atoms with Crippen molar-refractivity contribution in [3.05, 3.63) is 63.1 Å². The highest BCUT2D eigenvalue weighted by Gasteiger charge is 2.30. The molecule has 0 aliphatic carbocycles. The molecule has 0 radical (unpaired) electrons. The van der Waals surface area contributed by atoms with E-state index in [0.29, 0.717) is 27.8 Å². The van der Waals surface area contributed by atoms with Gasteiger partial charge in [0.25, 0.3) is 0 Å². The zero-order chi connectivity index (χ0) is 24.9. The van der Waals surface area contributed by atoms with Gasteiger partial charge in [-0.1, -0.05) is 41.4 Å². The van der Waals surface area contributed by atoms with Crippen molar-refractivity contribution in [1.29, 1.82) is 0 Å². The van der Waals surface area contributed by atoms with Gasteiger partial charge in [0.2, 0.25) is 21.8 Å². The second kappa shape index (κ2) is 11.2. The standard InChI is InChI=1S/C23H29Cl2N3O4S/c1-6-26-23(30)17(4)27(13-18-10-11-19(24)12-20(18)25)22(29)14-28(33(5,31)32)21-9-7-8-15(2)16(21)3/h7-12,17H,6,13-14H2,1-5H3,(H,26,30)/t17-/m1/s1. The number of carbonyl (C=O) groups excluding carboxylic acids is 2. The Bertz CT molecular complexity index is 1140. The number of benzene rings is 2. The number of likely N-dealkylation sites (N-methyl/N-ethyl adjacent to an activating group) is 1. The molecule has 0 saturated carbocycles. The molecule has 2 aromatic carbocycles. The van der Waals surface area contributed by atoms with Crippen molar-refractivity contribution < 1.29 is 18.0 Å². The van der Waals surface area contributed by atoms with Gasteiger partial charge in [0.1, 0.15) is 12.6 Å². The molecule has 0 fully saturated rings. The summed E-state index contributed by atoms with van der Waals surface area (Å²) < 4.78 is 26.4. The number of nitrogens with zero attached hydrogens (tertiary/aromatic N) is 2. The molecule has 180 valence electrons. The summed E-state index contributed by atoms with van der Waals surface area (Å²) in [6.45, 7) is 6.98. The topological polar surface area (TPSA) is 86.8 Å². The van der Waals surface area contributed by atoms with Gasteiger partial charge in [-0.2, -0.15) is 0 Å². The first-order valence-electron chi connectivity index (χ1n) is 10.4. The number of anilines is 1. The van der Waals surface area contributed by atoms with Gasteiger partial charge < -0.3 is 10.2 Å². The van der Waals surface area contributed by atoms with Crippen LogP contribution in [-0.2, 0) is 26.2 Å². The van der Waals surface area contributed by atoms with Crippen molar-refractivity contribution in [3.8, 4) is 0 Å². The van der Waals surface area contributed by atoms with Crippen LogP contribution in [0.4, 0.5) is 5.69 Å². The molecule has 1 N–H and O–H groups in total. The predicted octanol–water partition coefficient (Wildman–Crippen LogP) is 3.93. The number of hydrogen-bond donors (Lipinski definition) is 1. The summed E-state index contributed by atoms with van der Waals surface area (Å²) in [6, 6.07) is 9.27. The molecular formula is C23H29Cl2N3O4S. The summed E-state index contributed by atoms with van der Waals surface area (Å²) >= 11 is 12.3. The van der Waals surface area contributed by atoms with E-state index < -0.39 is 28.5 Å². The van der Waals surface area contributed by atoms with Crippen molar-refractivity contribution in [2.24, 2.45) is 0 Å². The number of carbonyl (C=O) groups is 2. The first kappa shape index (κ1) is 27.0. The largest absolute Gasteiger partial charge is 0.355 e. The number of amides is 2. The van der Waals surface area contributed by atoms with Crippen molar-refractivity contribution in [2.45, 2.75) is 40.3 Å². The molecule has 33 heavy (non-hydrogen) atoms. The van der Waals surface area contributed by atoms with Gasteiger partial charge in [-0.25, -0.2) is 8.42 Å². The Labute approximate surface area is 205 Å². The Morgan fingerprint density at radius 2 is 1.79 bits per heavy atom. The highest BCUT2D eigenvalue weighted by molar-refractivity contribution is 7.92. The van der Waals surface area contributed by atoms with Crippen LogP contribution in [0.2, 0.25) is 10.0 Å². The van der Waals surface area contributed by atoms with Gasteiger partial charge in [-0.05, 0) is 62.6 Å². The molecule has 0 heterocycles. The second-order valence-electron chi connectivity index (χ2n) is 7.82. The number of aryl methyl sites for hydroxylation is 1. The van der Waals surface area contributed by atoms with Crippen LogP contribution in [0.1, 0.15) is 30.5 Å². The van der Waals surface area contributed by atoms with Crippen LogP contribution >= 0.6 is 23.2 Å². The lowest BCUT2D eigenvalue weighted by Crippen LogP contribution is -2.51. The third-order valence-electron chi connectivity index (χ3n) is 5.40. The first-order chi connectivity index (χ1) is 15.4. The molecular weight excluding hydrogens is 485 g/mol. The molecule has 0 aromatic heterocycles. The van der Waals surface area contributed by atoms with Crippen LogP contribution in [-0.4, -0.2) is 50.5 Å². The highest BCUT2D eigenvalue weighted by Crippen LogP contribution is 2.26. The maximum Gasteiger partial charge on any atom is 0.244 e. The molecule has 10 heteroatoms. The molecule has 2 rings (SSSR count). The third kappa shape index (κ3) is 6.85. The monoisotopic (exact) mass is 513 g/mol. The van der Waals surface area contributed by atoms with Crippen molar-refractivity contribution >= 4 is 50.7 Å². The minimum atomic E-state index is -3.79. The van der Waals surface area contributed by atoms with Crippen LogP contribution in [0.25, 0.3) is 0 Å². The van der Waals surface area contributed by atoms with Gasteiger partial charge in [-0.15, -0.1) is 0 Å². The maximum absolute atomic E-state index is 13.5. The first-order valence-corrected chi connectivity index (χ1v) is 13.0. The maximum atomic E-state index is 13.5. The number of nitrogens with one attached hydrogen (secondary N) is 1. The quantitative estimate of drug-likeness (QED) is 0.550. The Balaban J connectivity index is 2.46. The Hall–Kier alpha value is -2.29. The summed E-state index contributed by atoms with van der Waals surface area (Å²) in [5, 5.41) is 3.49. The summed E-state index contributed by atoms with van der Waals surface area (Å²) in [4.78, 5) is 27.4. The lowest BCUT2D eigenvalue weighted by molar-refractivity contribution is -0.139. The third-order valence-corrected chi connectivity index (χ3v) is 7.11. The van der Waals surface area contributed by atoms with E-state index >= 15 is 0 Å². The highest BCUT2D eigenvalue weighted by atomic mass is 35.5. The smallest absolute Gasteiger partial charge is 0.244 e. The van der Waals surface area contributed by atoms with E-state index in [0.717, 1.165) is 21.7 Å². The molecule has 2 aromatic rings. The van der Waals surface area contributed by atoms with E-state index in [-0.39, 0.29) is 12.5 Å². The van der Waals surface area contributed by atoms with Crippen molar-refractivity contribution in [2.75, 3.05) is 23.7 Å². The average Bonchev–Trinajstić information content (AvgIpc) is 2.72. The van der Waals surface area contributed by atoms with E-state index in [1.165, 1.54) is 4.90 Å². The summed E-state index contributed by atoms with van der Waals surface area (Å²) in [6.07, 6.45) is 1.05. The Kier molecular flexibility index (Phi) is 9.17. The molecule has 0 bridgehead atoms. The molecule has 0 aliphatic heterocycles. The number of halogens is 2. The van der Waals surface area contributed by atoms with E-state index in [4.69, 9.17) is 23.2 Å². The minimum absolute atomic E-state index is 0.0114. The van der Waals surface area contributed by atoms with Crippen molar-refractivity contribution in [1.82, 2.24) is 10.2 Å². The van der Waals surface area contributed by atoms with E-state index in [2.05, 4.69) is 5.32 Å². The molecule has 0 unspecified atom stereocenters. The number of sulfonamides is 1. The Morgan fingerprint density at radius 3 is 2.36 bits per heavy atom.